The molecule has 2 nitrogen and oxygen atoms in total. The Morgan fingerprint density at radius 3 is 2.32 bits per heavy atom. The molecule has 3 rings (SSSR count). The summed E-state index contributed by atoms with van der Waals surface area (Å²) in [5.74, 6) is 0.919. The van der Waals surface area contributed by atoms with Gasteiger partial charge in [-0.2, -0.15) is 0 Å². The molecular weight excluding hydrogens is 268 g/mol. The fraction of sp³-hybridized carbons (Fsp3) is 0.250. The van der Waals surface area contributed by atoms with Gasteiger partial charge in [-0.25, -0.2) is 4.98 Å². The van der Waals surface area contributed by atoms with Crippen LogP contribution in [-0.2, 0) is 0 Å². The highest BCUT2D eigenvalue weighted by Crippen LogP contribution is 2.31. The van der Waals surface area contributed by atoms with Crippen LogP contribution in [0.15, 0.2) is 54.6 Å². The molecular formula is C20H22N2. The summed E-state index contributed by atoms with van der Waals surface area (Å²) in [6, 6.07) is 19.1. The van der Waals surface area contributed by atoms with E-state index < -0.39 is 0 Å². The van der Waals surface area contributed by atoms with Gasteiger partial charge in [0.15, 0.2) is 0 Å². The minimum atomic E-state index is -0.0146. The van der Waals surface area contributed by atoms with Crippen molar-refractivity contribution in [3.63, 3.8) is 0 Å². The number of fused-ring (bicyclic) bond motifs is 1. The highest BCUT2D eigenvalue weighted by Gasteiger charge is 2.13. The summed E-state index contributed by atoms with van der Waals surface area (Å²) < 4.78 is 0. The van der Waals surface area contributed by atoms with E-state index in [2.05, 4.69) is 81.5 Å². The summed E-state index contributed by atoms with van der Waals surface area (Å²) in [6.45, 7) is 8.57. The number of rotatable bonds is 2. The molecule has 0 aliphatic carbocycles. The summed E-state index contributed by atoms with van der Waals surface area (Å²) in [5.41, 5.74) is 4.71. The van der Waals surface area contributed by atoms with Crippen LogP contribution in [0.1, 0.15) is 26.3 Å². The van der Waals surface area contributed by atoms with Crippen molar-refractivity contribution >= 4 is 16.7 Å². The van der Waals surface area contributed by atoms with E-state index in [0.717, 1.165) is 11.3 Å². The van der Waals surface area contributed by atoms with Crippen LogP contribution >= 0.6 is 0 Å². The second-order valence-corrected chi connectivity index (χ2v) is 6.82. The van der Waals surface area contributed by atoms with E-state index in [0.29, 0.717) is 0 Å². The van der Waals surface area contributed by atoms with Gasteiger partial charge in [0.25, 0.3) is 0 Å². The molecule has 3 aromatic rings. The van der Waals surface area contributed by atoms with Gasteiger partial charge in [-0.1, -0.05) is 42.0 Å². The van der Waals surface area contributed by atoms with Crippen LogP contribution in [-0.4, -0.2) is 10.5 Å². The van der Waals surface area contributed by atoms with Gasteiger partial charge < -0.3 is 5.32 Å². The molecule has 1 aromatic heterocycles. The van der Waals surface area contributed by atoms with Crippen LogP contribution in [0, 0.1) is 6.92 Å². The SMILES string of the molecule is Cc1ccc2nc(NC(C)(C)C)cc(-c3ccccc3)c2c1. The lowest BCUT2D eigenvalue weighted by molar-refractivity contribution is 0.631. The highest BCUT2D eigenvalue weighted by atomic mass is 15.0. The van der Waals surface area contributed by atoms with Crippen LogP contribution in [0.3, 0.4) is 0 Å². The van der Waals surface area contributed by atoms with E-state index in [-0.39, 0.29) is 5.54 Å². The van der Waals surface area contributed by atoms with Gasteiger partial charge >= 0.3 is 0 Å². The first-order chi connectivity index (χ1) is 10.4. The maximum atomic E-state index is 4.78. The minimum absolute atomic E-state index is 0.0146. The molecule has 22 heavy (non-hydrogen) atoms. The summed E-state index contributed by atoms with van der Waals surface area (Å²) in [7, 11) is 0. The van der Waals surface area contributed by atoms with E-state index >= 15 is 0 Å². The van der Waals surface area contributed by atoms with Gasteiger partial charge in [0.05, 0.1) is 5.52 Å². The third-order valence-corrected chi connectivity index (χ3v) is 3.55. The van der Waals surface area contributed by atoms with Gasteiger partial charge in [0, 0.05) is 10.9 Å². The molecule has 0 atom stereocenters. The monoisotopic (exact) mass is 290 g/mol. The van der Waals surface area contributed by atoms with E-state index in [1.807, 2.05) is 6.07 Å². The fourth-order valence-electron chi connectivity index (χ4n) is 2.64. The quantitative estimate of drug-likeness (QED) is 0.681. The van der Waals surface area contributed by atoms with Crippen molar-refractivity contribution in [2.75, 3.05) is 5.32 Å². The highest BCUT2D eigenvalue weighted by molar-refractivity contribution is 5.96. The second-order valence-electron chi connectivity index (χ2n) is 6.82. The van der Waals surface area contributed by atoms with Crippen molar-refractivity contribution in [2.24, 2.45) is 0 Å². The maximum Gasteiger partial charge on any atom is 0.127 e. The Kier molecular flexibility index (Phi) is 3.61. The van der Waals surface area contributed by atoms with E-state index in [4.69, 9.17) is 4.98 Å². The Hall–Kier alpha value is -2.35. The van der Waals surface area contributed by atoms with Gasteiger partial charge in [-0.15, -0.1) is 0 Å². The average Bonchev–Trinajstić information content (AvgIpc) is 2.46. The molecule has 0 fully saturated rings. The van der Waals surface area contributed by atoms with Gasteiger partial charge in [0.2, 0.25) is 0 Å². The maximum absolute atomic E-state index is 4.78. The largest absolute Gasteiger partial charge is 0.365 e. The Labute approximate surface area is 132 Å². The molecule has 112 valence electrons. The molecule has 1 N–H and O–H groups in total. The molecule has 2 heteroatoms. The first-order valence-corrected chi connectivity index (χ1v) is 7.67. The number of hydrogen-bond donors (Lipinski definition) is 1. The molecule has 0 radical (unpaired) electrons. The Bertz CT molecular complexity index is 799. The summed E-state index contributed by atoms with van der Waals surface area (Å²) >= 11 is 0. The fourth-order valence-corrected chi connectivity index (χ4v) is 2.64. The summed E-state index contributed by atoms with van der Waals surface area (Å²) in [6.07, 6.45) is 0. The number of anilines is 1. The Morgan fingerprint density at radius 2 is 1.64 bits per heavy atom. The number of aryl methyl sites for hydroxylation is 1. The number of nitrogens with zero attached hydrogens (tertiary/aromatic N) is 1. The topological polar surface area (TPSA) is 24.9 Å². The van der Waals surface area contributed by atoms with Crippen molar-refractivity contribution in [3.05, 3.63) is 60.2 Å². The van der Waals surface area contributed by atoms with Crippen molar-refractivity contribution in [2.45, 2.75) is 33.2 Å². The molecule has 0 aliphatic rings. The summed E-state index contributed by atoms with van der Waals surface area (Å²) in [5, 5.41) is 4.69. The van der Waals surface area contributed by atoms with Crippen LogP contribution in [0.5, 0.6) is 0 Å². The lowest BCUT2D eigenvalue weighted by Crippen LogP contribution is -2.26. The third kappa shape index (κ3) is 3.11. The standard InChI is InChI=1S/C20H22N2/c1-14-10-11-18-17(12-14)16(15-8-6-5-7-9-15)13-19(21-18)22-20(2,3)4/h5-13H,1-4H3,(H,21,22). The molecule has 0 unspecified atom stereocenters. The smallest absolute Gasteiger partial charge is 0.127 e. The third-order valence-electron chi connectivity index (χ3n) is 3.55. The van der Waals surface area contributed by atoms with Crippen LogP contribution < -0.4 is 5.32 Å². The number of benzene rings is 2. The van der Waals surface area contributed by atoms with Crippen LogP contribution in [0.25, 0.3) is 22.0 Å². The molecule has 1 heterocycles. The molecule has 0 amide bonds. The number of nitrogens with one attached hydrogen (secondary N) is 1. The number of pyridine rings is 1. The van der Waals surface area contributed by atoms with Crippen LogP contribution in [0.4, 0.5) is 5.82 Å². The van der Waals surface area contributed by atoms with Gasteiger partial charge in [0.1, 0.15) is 5.82 Å². The van der Waals surface area contributed by atoms with Crippen LogP contribution in [0.2, 0.25) is 0 Å². The molecule has 0 saturated carbocycles. The minimum Gasteiger partial charge on any atom is -0.365 e. The molecule has 0 bridgehead atoms. The molecule has 0 spiro atoms. The van der Waals surface area contributed by atoms with E-state index in [1.165, 1.54) is 22.1 Å². The zero-order valence-electron chi connectivity index (χ0n) is 13.6. The first kappa shape index (κ1) is 14.6. The molecule has 0 aliphatic heterocycles. The lowest BCUT2D eigenvalue weighted by atomic mass is 9.99. The van der Waals surface area contributed by atoms with Gasteiger partial charge in [-0.3, -0.25) is 0 Å². The predicted molar refractivity (Wildman–Crippen MR) is 95.3 cm³/mol. The van der Waals surface area contributed by atoms with E-state index in [9.17, 15) is 0 Å². The molecule has 0 saturated heterocycles. The average molecular weight is 290 g/mol. The second kappa shape index (κ2) is 5.45. The van der Waals surface area contributed by atoms with Crippen molar-refractivity contribution in [3.8, 4) is 11.1 Å². The normalized spacial score (nSPS) is 11.6. The van der Waals surface area contributed by atoms with Crippen molar-refractivity contribution in [1.82, 2.24) is 4.98 Å². The zero-order valence-corrected chi connectivity index (χ0v) is 13.6. The van der Waals surface area contributed by atoms with Crippen molar-refractivity contribution in [1.29, 1.82) is 0 Å². The van der Waals surface area contributed by atoms with Gasteiger partial charge in [-0.05, 0) is 57.0 Å². The van der Waals surface area contributed by atoms with E-state index in [1.54, 1.807) is 0 Å². The van der Waals surface area contributed by atoms with Crippen molar-refractivity contribution < 1.29 is 0 Å². The Morgan fingerprint density at radius 1 is 0.909 bits per heavy atom. The molecule has 2 aromatic carbocycles. The number of aromatic nitrogens is 1. The predicted octanol–water partition coefficient (Wildman–Crippen LogP) is 5.42. The zero-order chi connectivity index (χ0) is 15.7. The lowest BCUT2D eigenvalue weighted by Gasteiger charge is -2.22. The summed E-state index contributed by atoms with van der Waals surface area (Å²) in [4.78, 5) is 4.78. The first-order valence-electron chi connectivity index (χ1n) is 7.67. The Balaban J connectivity index is 2.24. The number of hydrogen-bond acceptors (Lipinski definition) is 2.